The molecule has 0 spiro atoms. The van der Waals surface area contributed by atoms with Gasteiger partial charge in [0.05, 0.1) is 16.9 Å². The van der Waals surface area contributed by atoms with Gasteiger partial charge in [-0.25, -0.2) is 13.4 Å². The molecule has 3 rings (SSSR count). The summed E-state index contributed by atoms with van der Waals surface area (Å²) in [7, 11) is -1.36. The van der Waals surface area contributed by atoms with Gasteiger partial charge in [-0.15, -0.1) is 11.3 Å². The summed E-state index contributed by atoms with van der Waals surface area (Å²) in [5, 5.41) is 2.02. The predicted octanol–water partition coefficient (Wildman–Crippen LogP) is 4.44. The molecule has 8 heteroatoms. The number of hydrogen-bond donors (Lipinski definition) is 0. The van der Waals surface area contributed by atoms with E-state index < -0.39 is 9.84 Å². The van der Waals surface area contributed by atoms with Crippen molar-refractivity contribution < 1.29 is 8.42 Å². The first-order valence-corrected chi connectivity index (χ1v) is 11.8. The van der Waals surface area contributed by atoms with Crippen LogP contribution in [0.15, 0.2) is 35.6 Å². The minimum Gasteiger partial charge on any atom is -0.317 e. The van der Waals surface area contributed by atoms with Crippen molar-refractivity contribution in [3.63, 3.8) is 0 Å². The van der Waals surface area contributed by atoms with Crippen LogP contribution in [0.3, 0.4) is 0 Å². The van der Waals surface area contributed by atoms with E-state index in [9.17, 15) is 8.42 Å². The second-order valence-corrected chi connectivity index (χ2v) is 10.7. The van der Waals surface area contributed by atoms with Crippen LogP contribution >= 0.6 is 22.9 Å². The summed E-state index contributed by atoms with van der Waals surface area (Å²) in [5.41, 5.74) is 0.892. The summed E-state index contributed by atoms with van der Waals surface area (Å²) >= 11 is 8.25. The first-order valence-electron chi connectivity index (χ1n) is 8.75. The molecule has 0 aliphatic rings. The molecule has 0 N–H and O–H groups in total. The van der Waals surface area contributed by atoms with E-state index in [1.54, 1.807) is 17.5 Å². The number of imidazole rings is 1. The maximum Gasteiger partial charge on any atom is 0.227 e. The van der Waals surface area contributed by atoms with Crippen molar-refractivity contribution in [2.24, 2.45) is 5.92 Å². The molecule has 0 bridgehead atoms. The van der Waals surface area contributed by atoms with E-state index in [0.717, 1.165) is 21.0 Å². The summed E-state index contributed by atoms with van der Waals surface area (Å²) in [6, 6.07) is 8.12. The summed E-state index contributed by atoms with van der Waals surface area (Å²) in [6.45, 7) is 6.04. The van der Waals surface area contributed by atoms with Crippen LogP contribution in [0.25, 0.3) is 10.1 Å². The number of fused-ring (bicyclic) bond motifs is 1. The molecule has 0 radical (unpaired) electrons. The van der Waals surface area contributed by atoms with Crippen molar-refractivity contribution >= 4 is 42.9 Å². The van der Waals surface area contributed by atoms with Crippen LogP contribution in [0, 0.1) is 5.92 Å². The first kappa shape index (κ1) is 20.3. The third-order valence-corrected chi connectivity index (χ3v) is 6.92. The Balaban J connectivity index is 1.84. The van der Waals surface area contributed by atoms with Crippen molar-refractivity contribution in [2.45, 2.75) is 38.6 Å². The second kappa shape index (κ2) is 7.91. The van der Waals surface area contributed by atoms with E-state index in [4.69, 9.17) is 11.6 Å². The number of rotatable bonds is 7. The SMILES string of the molecule is CC(C)Cn1c(CN(C)Cc2sc3ccccc3c2Cl)cnc1S(C)(=O)=O. The topological polar surface area (TPSA) is 55.2 Å². The molecule has 27 heavy (non-hydrogen) atoms. The average Bonchev–Trinajstić information content (AvgIpc) is 3.09. The Morgan fingerprint density at radius 2 is 1.96 bits per heavy atom. The lowest BCUT2D eigenvalue weighted by Crippen LogP contribution is -2.21. The van der Waals surface area contributed by atoms with Gasteiger partial charge < -0.3 is 4.57 Å². The minimum atomic E-state index is -3.36. The zero-order chi connectivity index (χ0) is 19.8. The molecule has 0 amide bonds. The third kappa shape index (κ3) is 4.54. The average molecular weight is 426 g/mol. The molecular weight excluding hydrogens is 402 g/mol. The van der Waals surface area contributed by atoms with Gasteiger partial charge in [-0.05, 0) is 19.0 Å². The fraction of sp³-hybridized carbons (Fsp3) is 0.421. The zero-order valence-corrected chi connectivity index (χ0v) is 18.3. The van der Waals surface area contributed by atoms with Gasteiger partial charge >= 0.3 is 0 Å². The van der Waals surface area contributed by atoms with Gasteiger partial charge in [0.15, 0.2) is 0 Å². The van der Waals surface area contributed by atoms with Crippen LogP contribution < -0.4 is 0 Å². The normalized spacial score (nSPS) is 12.6. The molecule has 2 heterocycles. The third-order valence-electron chi connectivity index (χ3n) is 4.23. The lowest BCUT2D eigenvalue weighted by Gasteiger charge is -2.19. The van der Waals surface area contributed by atoms with Crippen LogP contribution in [0.5, 0.6) is 0 Å². The second-order valence-electron chi connectivity index (χ2n) is 7.32. The molecular formula is C19H24ClN3O2S2. The Labute approximate surface area is 169 Å². The monoisotopic (exact) mass is 425 g/mol. The van der Waals surface area contributed by atoms with Crippen LogP contribution in [0.2, 0.25) is 5.02 Å². The van der Waals surface area contributed by atoms with E-state index >= 15 is 0 Å². The smallest absolute Gasteiger partial charge is 0.227 e. The number of halogens is 1. The lowest BCUT2D eigenvalue weighted by atomic mass is 10.2. The molecule has 146 valence electrons. The highest BCUT2D eigenvalue weighted by atomic mass is 35.5. The molecule has 5 nitrogen and oxygen atoms in total. The molecule has 0 atom stereocenters. The summed E-state index contributed by atoms with van der Waals surface area (Å²) in [5.74, 6) is 0.320. The van der Waals surface area contributed by atoms with Gasteiger partial charge in [-0.3, -0.25) is 4.90 Å². The van der Waals surface area contributed by atoms with Crippen molar-refractivity contribution in [2.75, 3.05) is 13.3 Å². The summed E-state index contributed by atoms with van der Waals surface area (Å²) in [6.07, 6.45) is 2.87. The largest absolute Gasteiger partial charge is 0.317 e. The van der Waals surface area contributed by atoms with Crippen molar-refractivity contribution in [3.8, 4) is 0 Å². The van der Waals surface area contributed by atoms with Crippen LogP contribution in [-0.2, 0) is 29.5 Å². The van der Waals surface area contributed by atoms with Gasteiger partial charge in [0, 0.05) is 40.9 Å². The van der Waals surface area contributed by atoms with Crippen LogP contribution in [0.4, 0.5) is 0 Å². The quantitative estimate of drug-likeness (QED) is 0.561. The molecule has 3 aromatic rings. The lowest BCUT2D eigenvalue weighted by molar-refractivity contribution is 0.307. The molecule has 0 unspecified atom stereocenters. The molecule has 0 saturated heterocycles. The van der Waals surface area contributed by atoms with Gasteiger partial charge in [-0.1, -0.05) is 43.6 Å². The van der Waals surface area contributed by atoms with Crippen molar-refractivity contribution in [1.82, 2.24) is 14.5 Å². The Morgan fingerprint density at radius 1 is 1.26 bits per heavy atom. The number of thiophene rings is 1. The molecule has 1 aromatic carbocycles. The van der Waals surface area contributed by atoms with E-state index in [1.165, 1.54) is 11.0 Å². The van der Waals surface area contributed by atoms with E-state index in [2.05, 4.69) is 29.8 Å². The number of hydrogen-bond acceptors (Lipinski definition) is 5. The van der Waals surface area contributed by atoms with Gasteiger partial charge in [-0.2, -0.15) is 0 Å². The van der Waals surface area contributed by atoms with Crippen molar-refractivity contribution in [1.29, 1.82) is 0 Å². The maximum absolute atomic E-state index is 12.1. The fourth-order valence-electron chi connectivity index (χ4n) is 3.12. The summed E-state index contributed by atoms with van der Waals surface area (Å²) in [4.78, 5) is 7.42. The van der Waals surface area contributed by atoms with Gasteiger partial charge in [0.25, 0.3) is 0 Å². The fourth-order valence-corrected chi connectivity index (χ4v) is 5.53. The molecule has 0 aliphatic carbocycles. The molecule has 0 fully saturated rings. The standard InChI is InChI=1S/C19H24ClN3O2S2/c1-13(2)10-23-14(9-21-19(23)27(4,24)25)11-22(3)12-17-18(20)15-7-5-6-8-16(15)26-17/h5-9,13H,10-12H2,1-4H3. The number of aromatic nitrogens is 2. The number of nitrogens with zero attached hydrogens (tertiary/aromatic N) is 3. The van der Waals surface area contributed by atoms with Crippen LogP contribution in [-0.4, -0.2) is 36.2 Å². The molecule has 2 aromatic heterocycles. The molecule has 0 saturated carbocycles. The predicted molar refractivity (Wildman–Crippen MR) is 112 cm³/mol. The van der Waals surface area contributed by atoms with E-state index in [0.29, 0.717) is 25.6 Å². The van der Waals surface area contributed by atoms with E-state index in [-0.39, 0.29) is 5.16 Å². The Hall–Kier alpha value is -1.41. The van der Waals surface area contributed by atoms with Crippen LogP contribution in [0.1, 0.15) is 24.4 Å². The molecule has 0 aliphatic heterocycles. The van der Waals surface area contributed by atoms with Gasteiger partial charge in [0.2, 0.25) is 15.0 Å². The highest BCUT2D eigenvalue weighted by Crippen LogP contribution is 2.35. The Morgan fingerprint density at radius 3 is 2.59 bits per heavy atom. The highest BCUT2D eigenvalue weighted by molar-refractivity contribution is 7.90. The maximum atomic E-state index is 12.1. The number of benzene rings is 1. The Kier molecular flexibility index (Phi) is 5.96. The zero-order valence-electron chi connectivity index (χ0n) is 15.9. The van der Waals surface area contributed by atoms with Gasteiger partial charge in [0.1, 0.15) is 0 Å². The minimum absolute atomic E-state index is 0.138. The van der Waals surface area contributed by atoms with Crippen molar-refractivity contribution in [3.05, 3.63) is 46.1 Å². The van der Waals surface area contributed by atoms with E-state index in [1.807, 2.05) is 29.8 Å². The summed E-state index contributed by atoms with van der Waals surface area (Å²) < 4.78 is 27.1. The first-order chi connectivity index (χ1) is 12.7. The number of sulfone groups is 1. The Bertz CT molecular complexity index is 1050. The highest BCUT2D eigenvalue weighted by Gasteiger charge is 2.21.